The van der Waals surface area contributed by atoms with Gasteiger partial charge in [0.1, 0.15) is 31.0 Å². The smallest absolute Gasteiger partial charge is 0.408 e. The molecule has 3 aromatic carbocycles. The van der Waals surface area contributed by atoms with Gasteiger partial charge in [0.05, 0.1) is 0 Å². The lowest BCUT2D eigenvalue weighted by Crippen LogP contribution is -2.52. The summed E-state index contributed by atoms with van der Waals surface area (Å²) in [6.45, 7) is -0.0412. The first kappa shape index (κ1) is 32.8. The third kappa shape index (κ3) is 12.1. The number of hydrogen-bond donors (Lipinski definition) is 5. The fourth-order valence-electron chi connectivity index (χ4n) is 3.96. The van der Waals surface area contributed by atoms with Crippen LogP contribution < -0.4 is 21.8 Å². The van der Waals surface area contributed by atoms with Gasteiger partial charge >= 0.3 is 12.1 Å². The van der Waals surface area contributed by atoms with Gasteiger partial charge in [0.2, 0.25) is 5.91 Å². The molecule has 0 aliphatic rings. The molecule has 0 heterocycles. The number of nitrogens with two attached hydrogens (primary N) is 1. The van der Waals surface area contributed by atoms with Gasteiger partial charge in [-0.25, -0.2) is 24.7 Å². The number of carbonyl (C=O) groups excluding carboxylic acids is 3. The lowest BCUT2D eigenvalue weighted by molar-refractivity contribution is -0.525. The van der Waals surface area contributed by atoms with Gasteiger partial charge in [0, 0.05) is 13.0 Å². The monoisotopic (exact) mass is 606 g/mol. The molecule has 0 spiro atoms. The van der Waals surface area contributed by atoms with Gasteiger partial charge in [-0.3, -0.25) is 4.79 Å². The van der Waals surface area contributed by atoms with E-state index < -0.39 is 41.0 Å². The zero-order valence-electron chi connectivity index (χ0n) is 23.8. The van der Waals surface area contributed by atoms with Crippen LogP contribution in [-0.2, 0) is 38.7 Å². The highest BCUT2D eigenvalue weighted by atomic mass is 16.7. The molecule has 6 N–H and O–H groups in total. The SMILES string of the molecule is NC(=NCCC[C@H](NC(=O)[C@H](Cc1ccc(O)cc1)NC(=O)OCc1ccccc1)C(=O)OCc1ccccc1)N[N+](=O)[O-]. The molecule has 0 unspecified atom stereocenters. The standard InChI is InChI=1S/C30H34N6O8/c31-29(35-36(41)42)32-17-7-12-25(28(39)43-19-22-8-3-1-4-9-22)33-27(38)26(18-21-13-15-24(37)16-14-21)34-30(40)44-20-23-10-5-2-6-11-23/h1-6,8-11,13-16,25-26,37H,7,12,17-20H2,(H,33,38)(H,34,40)(H3,31,32,35)/t25-,26-/m0/s1. The van der Waals surface area contributed by atoms with Crippen molar-refractivity contribution < 1.29 is 34.0 Å². The third-order valence-electron chi connectivity index (χ3n) is 6.16. The van der Waals surface area contributed by atoms with E-state index in [1.165, 1.54) is 12.1 Å². The van der Waals surface area contributed by atoms with E-state index in [4.69, 9.17) is 15.2 Å². The van der Waals surface area contributed by atoms with E-state index >= 15 is 0 Å². The zero-order valence-corrected chi connectivity index (χ0v) is 23.8. The predicted octanol–water partition coefficient (Wildman–Crippen LogP) is 2.33. The van der Waals surface area contributed by atoms with E-state index in [0.29, 0.717) is 5.56 Å². The van der Waals surface area contributed by atoms with Crippen LogP contribution in [0.4, 0.5) is 4.79 Å². The minimum atomic E-state index is -1.16. The second-order valence-corrected chi connectivity index (χ2v) is 9.56. The van der Waals surface area contributed by atoms with Crippen LogP contribution in [0.15, 0.2) is 89.9 Å². The Bertz CT molecular complexity index is 1400. The zero-order chi connectivity index (χ0) is 31.7. The topological polar surface area (TPSA) is 208 Å². The number of carbonyl (C=O) groups is 3. The fourth-order valence-corrected chi connectivity index (χ4v) is 3.96. The van der Waals surface area contributed by atoms with Crippen LogP contribution >= 0.6 is 0 Å². The highest BCUT2D eigenvalue weighted by Crippen LogP contribution is 2.13. The van der Waals surface area contributed by atoms with E-state index in [2.05, 4.69) is 15.6 Å². The van der Waals surface area contributed by atoms with Crippen LogP contribution in [0, 0.1) is 10.1 Å². The number of esters is 1. The number of benzene rings is 3. The molecule has 0 radical (unpaired) electrons. The normalized spacial score (nSPS) is 12.3. The minimum Gasteiger partial charge on any atom is -0.508 e. The average molecular weight is 607 g/mol. The summed E-state index contributed by atoms with van der Waals surface area (Å²) >= 11 is 0. The van der Waals surface area contributed by atoms with Crippen LogP contribution in [0.25, 0.3) is 0 Å². The van der Waals surface area contributed by atoms with Crippen molar-refractivity contribution in [1.82, 2.24) is 16.1 Å². The van der Waals surface area contributed by atoms with Gasteiger partial charge in [-0.1, -0.05) is 78.2 Å². The van der Waals surface area contributed by atoms with Crippen molar-refractivity contribution in [2.75, 3.05) is 6.54 Å². The molecule has 3 rings (SSSR count). The highest BCUT2D eigenvalue weighted by Gasteiger charge is 2.28. The van der Waals surface area contributed by atoms with Gasteiger partial charge in [0.15, 0.2) is 5.03 Å². The molecule has 44 heavy (non-hydrogen) atoms. The number of phenolic OH excluding ortho intramolecular Hbond substituents is 1. The first-order valence-corrected chi connectivity index (χ1v) is 13.7. The number of nitrogens with zero attached hydrogens (tertiary/aromatic N) is 2. The summed E-state index contributed by atoms with van der Waals surface area (Å²) in [5.41, 5.74) is 9.28. The Morgan fingerprint density at radius 3 is 2.02 bits per heavy atom. The summed E-state index contributed by atoms with van der Waals surface area (Å²) in [6.07, 6.45) is -0.565. The van der Waals surface area contributed by atoms with Crippen molar-refractivity contribution in [3.05, 3.63) is 112 Å². The van der Waals surface area contributed by atoms with Crippen molar-refractivity contribution in [3.63, 3.8) is 0 Å². The van der Waals surface area contributed by atoms with E-state index in [1.54, 1.807) is 66.1 Å². The maximum absolute atomic E-state index is 13.5. The lowest BCUT2D eigenvalue weighted by Gasteiger charge is -2.23. The van der Waals surface area contributed by atoms with Gasteiger partial charge in [-0.05, 0) is 41.7 Å². The number of guanidine groups is 1. The fraction of sp³-hybridized carbons (Fsp3) is 0.267. The Labute approximate surface area is 253 Å². The molecule has 14 nitrogen and oxygen atoms in total. The second kappa shape index (κ2) is 17.3. The largest absolute Gasteiger partial charge is 0.508 e. The predicted molar refractivity (Wildman–Crippen MR) is 159 cm³/mol. The van der Waals surface area contributed by atoms with E-state index in [1.807, 2.05) is 12.1 Å². The third-order valence-corrected chi connectivity index (χ3v) is 6.16. The number of nitrogens with one attached hydrogen (secondary N) is 3. The number of hydrogen-bond acceptors (Lipinski definition) is 9. The van der Waals surface area contributed by atoms with Crippen molar-refractivity contribution in [3.8, 4) is 5.75 Å². The molecule has 0 fully saturated rings. The quantitative estimate of drug-likeness (QED) is 0.0426. The lowest BCUT2D eigenvalue weighted by atomic mass is 10.0. The number of hydrazine groups is 1. The maximum Gasteiger partial charge on any atom is 0.408 e. The van der Waals surface area contributed by atoms with Crippen LogP contribution in [0.1, 0.15) is 29.5 Å². The van der Waals surface area contributed by atoms with Gasteiger partial charge in [-0.2, -0.15) is 0 Å². The van der Waals surface area contributed by atoms with Gasteiger partial charge in [-0.15, -0.1) is 0 Å². The molecule has 2 amide bonds. The summed E-state index contributed by atoms with van der Waals surface area (Å²) in [5, 5.41) is 24.5. The summed E-state index contributed by atoms with van der Waals surface area (Å²) in [4.78, 5) is 53.6. The minimum absolute atomic E-state index is 0.0196. The summed E-state index contributed by atoms with van der Waals surface area (Å²) in [6, 6.07) is 21.7. The van der Waals surface area contributed by atoms with Crippen LogP contribution in [-0.4, -0.2) is 52.7 Å². The maximum atomic E-state index is 13.5. The van der Waals surface area contributed by atoms with Crippen molar-refractivity contribution >= 4 is 23.9 Å². The number of ether oxygens (including phenoxy) is 2. The van der Waals surface area contributed by atoms with Gasteiger partial charge < -0.3 is 30.9 Å². The molecule has 3 aromatic rings. The summed E-state index contributed by atoms with van der Waals surface area (Å²) in [7, 11) is 0. The Morgan fingerprint density at radius 2 is 1.43 bits per heavy atom. The molecule has 14 heteroatoms. The second-order valence-electron chi connectivity index (χ2n) is 9.56. The molecular weight excluding hydrogens is 572 g/mol. The van der Waals surface area contributed by atoms with E-state index in [9.17, 15) is 29.6 Å². The van der Waals surface area contributed by atoms with Crippen LogP contribution in [0.3, 0.4) is 0 Å². The number of aromatic hydroxyl groups is 1. The number of rotatable bonds is 15. The van der Waals surface area contributed by atoms with E-state index in [-0.39, 0.29) is 44.8 Å². The molecule has 232 valence electrons. The molecule has 0 aromatic heterocycles. The number of amides is 2. The van der Waals surface area contributed by atoms with Crippen molar-refractivity contribution in [2.24, 2.45) is 10.7 Å². The Morgan fingerprint density at radius 1 is 0.841 bits per heavy atom. The molecule has 0 aliphatic heterocycles. The molecule has 0 saturated carbocycles. The Kier molecular flexibility index (Phi) is 12.9. The van der Waals surface area contributed by atoms with Crippen LogP contribution in [0.5, 0.6) is 5.75 Å². The van der Waals surface area contributed by atoms with Crippen molar-refractivity contribution in [1.29, 1.82) is 0 Å². The summed E-state index contributed by atoms with van der Waals surface area (Å²) < 4.78 is 10.7. The Hall–Kier alpha value is -5.66. The molecule has 0 aliphatic carbocycles. The van der Waals surface area contributed by atoms with Gasteiger partial charge in [0.25, 0.3) is 5.96 Å². The number of aliphatic imine (C=N–C) groups is 1. The summed E-state index contributed by atoms with van der Waals surface area (Å²) in [5.74, 6) is -1.79. The first-order valence-electron chi connectivity index (χ1n) is 13.7. The first-order chi connectivity index (χ1) is 21.2. The number of phenols is 1. The molecular formula is C30H34N6O8. The number of nitro groups is 1. The highest BCUT2D eigenvalue weighted by molar-refractivity contribution is 5.90. The molecule has 0 saturated heterocycles. The average Bonchev–Trinajstić information content (AvgIpc) is 3.01. The molecule has 2 atom stereocenters. The Balaban J connectivity index is 1.71. The van der Waals surface area contributed by atoms with E-state index in [0.717, 1.165) is 11.1 Å². The number of alkyl carbamates (subject to hydrolysis) is 1. The van der Waals surface area contributed by atoms with Crippen LogP contribution in [0.2, 0.25) is 0 Å². The van der Waals surface area contributed by atoms with Crippen molar-refractivity contribution in [2.45, 2.75) is 44.6 Å². The molecule has 0 bridgehead atoms.